The van der Waals surface area contributed by atoms with Crippen molar-refractivity contribution in [1.82, 2.24) is 4.72 Å². The first kappa shape index (κ1) is 15.3. The van der Waals surface area contributed by atoms with Gasteiger partial charge in [0.15, 0.2) is 0 Å². The second-order valence-corrected chi connectivity index (χ2v) is 6.50. The topological polar surface area (TPSA) is 72.2 Å². The molecule has 0 aliphatic heterocycles. The number of hydrogen-bond acceptors (Lipinski definition) is 4. The van der Waals surface area contributed by atoms with Crippen LogP contribution >= 0.6 is 11.8 Å². The van der Waals surface area contributed by atoms with Crippen molar-refractivity contribution in [3.8, 4) is 0 Å². The minimum absolute atomic E-state index is 0.0491. The lowest BCUT2D eigenvalue weighted by molar-refractivity contribution is 0.575. The van der Waals surface area contributed by atoms with Crippen LogP contribution in [0.25, 0.3) is 0 Å². The van der Waals surface area contributed by atoms with Crippen LogP contribution in [0.5, 0.6) is 0 Å². The number of hydrogen-bond donors (Lipinski definition) is 2. The van der Waals surface area contributed by atoms with E-state index in [1.54, 1.807) is 11.8 Å². The predicted octanol–water partition coefficient (Wildman–Crippen LogP) is 1.83. The van der Waals surface area contributed by atoms with E-state index in [0.29, 0.717) is 6.54 Å². The molecule has 1 rings (SSSR count). The highest BCUT2D eigenvalue weighted by atomic mass is 32.2. The van der Waals surface area contributed by atoms with E-state index in [1.165, 1.54) is 6.07 Å². The van der Waals surface area contributed by atoms with Crippen LogP contribution in [-0.2, 0) is 10.0 Å². The van der Waals surface area contributed by atoms with Crippen molar-refractivity contribution >= 4 is 27.5 Å². The quantitative estimate of drug-likeness (QED) is 0.594. The van der Waals surface area contributed by atoms with Gasteiger partial charge in [-0.25, -0.2) is 17.5 Å². The summed E-state index contributed by atoms with van der Waals surface area (Å²) in [5, 5.41) is 0. The van der Waals surface area contributed by atoms with Crippen LogP contribution in [0.4, 0.5) is 10.1 Å². The van der Waals surface area contributed by atoms with Crippen molar-refractivity contribution in [1.29, 1.82) is 0 Å². The molecule has 1 aromatic rings. The van der Waals surface area contributed by atoms with Crippen LogP contribution in [0.1, 0.15) is 12.8 Å². The molecule has 0 fully saturated rings. The SMILES string of the molecule is CSCCCCNS(=O)(=O)c1cc(F)ccc1N. The number of benzene rings is 1. The zero-order valence-corrected chi connectivity index (χ0v) is 11.8. The Bertz CT molecular complexity index is 492. The Hall–Kier alpha value is -0.790. The molecule has 0 aliphatic rings. The Kier molecular flexibility index (Phi) is 5.90. The summed E-state index contributed by atoms with van der Waals surface area (Å²) >= 11 is 1.71. The van der Waals surface area contributed by atoms with E-state index < -0.39 is 15.8 Å². The third-order valence-electron chi connectivity index (χ3n) is 2.33. The molecule has 0 aliphatic carbocycles. The summed E-state index contributed by atoms with van der Waals surface area (Å²) in [5.74, 6) is 0.371. The Labute approximate surface area is 111 Å². The Morgan fingerprint density at radius 3 is 2.78 bits per heavy atom. The summed E-state index contributed by atoms with van der Waals surface area (Å²) in [5.41, 5.74) is 5.59. The van der Waals surface area contributed by atoms with Crippen LogP contribution in [0.15, 0.2) is 23.1 Å². The molecular formula is C11H17FN2O2S2. The molecule has 0 radical (unpaired) electrons. The molecule has 7 heteroatoms. The zero-order valence-electron chi connectivity index (χ0n) is 10.1. The average molecular weight is 292 g/mol. The van der Waals surface area contributed by atoms with Crippen LogP contribution in [0, 0.1) is 5.82 Å². The fraction of sp³-hybridized carbons (Fsp3) is 0.455. The van der Waals surface area contributed by atoms with Crippen molar-refractivity contribution in [2.45, 2.75) is 17.7 Å². The number of nitrogens with one attached hydrogen (secondary N) is 1. The fourth-order valence-corrected chi connectivity index (χ4v) is 3.10. The molecule has 0 spiro atoms. The maximum atomic E-state index is 13.0. The summed E-state index contributed by atoms with van der Waals surface area (Å²) in [6, 6.07) is 3.31. The van der Waals surface area contributed by atoms with Gasteiger partial charge in [-0.15, -0.1) is 0 Å². The predicted molar refractivity (Wildman–Crippen MR) is 73.6 cm³/mol. The van der Waals surface area contributed by atoms with Gasteiger partial charge in [0.1, 0.15) is 10.7 Å². The first-order chi connectivity index (χ1) is 8.47. The van der Waals surface area contributed by atoms with Crippen molar-refractivity contribution in [2.24, 2.45) is 0 Å². The number of halogens is 1. The van der Waals surface area contributed by atoms with Gasteiger partial charge in [0, 0.05) is 6.54 Å². The molecule has 0 saturated carbocycles. The second-order valence-electron chi connectivity index (χ2n) is 3.78. The van der Waals surface area contributed by atoms with Crippen molar-refractivity contribution in [3.63, 3.8) is 0 Å². The van der Waals surface area contributed by atoms with E-state index in [2.05, 4.69) is 4.72 Å². The molecule has 1 aromatic carbocycles. The molecule has 0 unspecified atom stereocenters. The molecule has 4 nitrogen and oxygen atoms in total. The standard InChI is InChI=1S/C11H17FN2O2S2/c1-17-7-3-2-6-14-18(15,16)11-8-9(12)4-5-10(11)13/h4-5,8,14H,2-3,6-7,13H2,1H3. The normalized spacial score (nSPS) is 11.7. The third kappa shape index (κ3) is 4.47. The summed E-state index contributed by atoms with van der Waals surface area (Å²) in [6.45, 7) is 0.332. The molecule has 0 atom stereocenters. The van der Waals surface area contributed by atoms with Crippen LogP contribution in [-0.4, -0.2) is 27.0 Å². The zero-order chi connectivity index (χ0) is 13.6. The van der Waals surface area contributed by atoms with Crippen LogP contribution in [0.3, 0.4) is 0 Å². The minimum atomic E-state index is -3.72. The number of nitrogens with two attached hydrogens (primary N) is 1. The summed E-state index contributed by atoms with van der Waals surface area (Å²) in [7, 11) is -3.72. The molecule has 0 heterocycles. The van der Waals surface area contributed by atoms with Gasteiger partial charge >= 0.3 is 0 Å². The number of rotatable bonds is 7. The molecule has 18 heavy (non-hydrogen) atoms. The second kappa shape index (κ2) is 6.96. The summed E-state index contributed by atoms with van der Waals surface area (Å²) < 4.78 is 39.2. The maximum absolute atomic E-state index is 13.0. The van der Waals surface area contributed by atoms with E-state index in [-0.39, 0.29) is 10.6 Å². The van der Waals surface area contributed by atoms with E-state index in [1.807, 2.05) is 6.26 Å². The Morgan fingerprint density at radius 1 is 1.39 bits per heavy atom. The van der Waals surface area contributed by atoms with Gasteiger partial charge in [0.05, 0.1) is 5.69 Å². The van der Waals surface area contributed by atoms with E-state index in [9.17, 15) is 12.8 Å². The van der Waals surface area contributed by atoms with E-state index in [0.717, 1.165) is 30.7 Å². The lowest BCUT2D eigenvalue weighted by Crippen LogP contribution is -2.25. The summed E-state index contributed by atoms with van der Waals surface area (Å²) in [4.78, 5) is -0.202. The number of anilines is 1. The number of nitrogen functional groups attached to an aromatic ring is 1. The number of thioether (sulfide) groups is 1. The van der Waals surface area contributed by atoms with Crippen molar-refractivity contribution in [3.05, 3.63) is 24.0 Å². The van der Waals surface area contributed by atoms with Crippen molar-refractivity contribution in [2.75, 3.05) is 24.3 Å². The average Bonchev–Trinajstić information content (AvgIpc) is 2.32. The van der Waals surface area contributed by atoms with Gasteiger partial charge in [-0.05, 0) is 43.0 Å². The monoisotopic (exact) mass is 292 g/mol. The molecule has 0 bridgehead atoms. The van der Waals surface area contributed by atoms with Crippen LogP contribution < -0.4 is 10.5 Å². The van der Waals surface area contributed by atoms with Gasteiger partial charge in [-0.2, -0.15) is 11.8 Å². The first-order valence-electron chi connectivity index (χ1n) is 5.51. The third-order valence-corrected chi connectivity index (χ3v) is 4.55. The van der Waals surface area contributed by atoms with E-state index in [4.69, 9.17) is 5.73 Å². The molecule has 3 N–H and O–H groups in total. The number of unbranched alkanes of at least 4 members (excludes halogenated alkanes) is 1. The maximum Gasteiger partial charge on any atom is 0.242 e. The molecule has 0 amide bonds. The Morgan fingerprint density at radius 2 is 2.11 bits per heavy atom. The highest BCUT2D eigenvalue weighted by Gasteiger charge is 2.17. The van der Waals surface area contributed by atoms with Gasteiger partial charge in [0.2, 0.25) is 10.0 Å². The van der Waals surface area contributed by atoms with Gasteiger partial charge < -0.3 is 5.73 Å². The molecular weight excluding hydrogens is 275 g/mol. The Balaban J connectivity index is 2.66. The number of sulfonamides is 1. The smallest absolute Gasteiger partial charge is 0.242 e. The fourth-order valence-electron chi connectivity index (χ4n) is 1.40. The first-order valence-corrected chi connectivity index (χ1v) is 8.38. The highest BCUT2D eigenvalue weighted by molar-refractivity contribution is 7.98. The summed E-state index contributed by atoms with van der Waals surface area (Å²) in [6.07, 6.45) is 3.68. The minimum Gasteiger partial charge on any atom is -0.398 e. The van der Waals surface area contributed by atoms with Gasteiger partial charge in [-0.1, -0.05) is 0 Å². The molecule has 0 saturated heterocycles. The molecule has 102 valence electrons. The van der Waals surface area contributed by atoms with Crippen molar-refractivity contribution < 1.29 is 12.8 Å². The van der Waals surface area contributed by atoms with Gasteiger partial charge in [0.25, 0.3) is 0 Å². The lowest BCUT2D eigenvalue weighted by atomic mass is 10.3. The highest BCUT2D eigenvalue weighted by Crippen LogP contribution is 2.18. The lowest BCUT2D eigenvalue weighted by Gasteiger charge is -2.08. The van der Waals surface area contributed by atoms with Gasteiger partial charge in [-0.3, -0.25) is 0 Å². The molecule has 0 aromatic heterocycles. The van der Waals surface area contributed by atoms with Crippen LogP contribution in [0.2, 0.25) is 0 Å². The van der Waals surface area contributed by atoms with E-state index >= 15 is 0 Å². The largest absolute Gasteiger partial charge is 0.398 e.